The summed E-state index contributed by atoms with van der Waals surface area (Å²) >= 11 is 0. The van der Waals surface area contributed by atoms with E-state index < -0.39 is 0 Å². The number of rotatable bonds is 5. The fourth-order valence-electron chi connectivity index (χ4n) is 1.53. The zero-order valence-corrected chi connectivity index (χ0v) is 9.99. The second-order valence-corrected chi connectivity index (χ2v) is 4.08. The Kier molecular flexibility index (Phi) is 4.99. The molecule has 3 N–H and O–H groups in total. The lowest BCUT2D eigenvalue weighted by Crippen LogP contribution is -2.22. The molecule has 0 saturated heterocycles. The maximum Gasteiger partial charge on any atom is 0.251 e. The molecule has 0 saturated carbocycles. The summed E-state index contributed by atoms with van der Waals surface area (Å²) in [6, 6.07) is 7.92. The van der Waals surface area contributed by atoms with Crippen LogP contribution in [0.2, 0.25) is 0 Å². The Hall–Kier alpha value is -1.35. The first kappa shape index (κ1) is 12.7. The Bertz CT molecular complexity index is 348. The van der Waals surface area contributed by atoms with Crippen LogP contribution in [0.1, 0.15) is 36.2 Å². The number of carbonyl (C=O) groups excluding carboxylic acids is 1. The fourth-order valence-corrected chi connectivity index (χ4v) is 1.53. The van der Waals surface area contributed by atoms with Crippen LogP contribution in [0.3, 0.4) is 0 Å². The highest BCUT2D eigenvalue weighted by molar-refractivity contribution is 5.94. The summed E-state index contributed by atoms with van der Waals surface area (Å²) in [6.07, 6.45) is 1.86. The standard InChI is InChI=1S/C13H20N2O/c1-3-15-13(16)12-6-4-5-11(9-12)8-7-10(2)14/h4-6,9-10H,3,7-8,14H2,1-2H3,(H,15,16)/t10-/m1/s1. The number of carbonyl (C=O) groups is 1. The summed E-state index contributed by atoms with van der Waals surface area (Å²) in [5.41, 5.74) is 7.60. The first-order chi connectivity index (χ1) is 7.63. The maximum atomic E-state index is 11.6. The Morgan fingerprint density at radius 1 is 1.50 bits per heavy atom. The Balaban J connectivity index is 2.67. The van der Waals surface area contributed by atoms with Crippen LogP contribution in [-0.2, 0) is 6.42 Å². The first-order valence-electron chi connectivity index (χ1n) is 5.76. The molecule has 1 atom stereocenters. The van der Waals surface area contributed by atoms with Crippen LogP contribution in [0.15, 0.2) is 24.3 Å². The van der Waals surface area contributed by atoms with Gasteiger partial charge in [-0.3, -0.25) is 4.79 Å². The molecular formula is C13H20N2O. The number of amides is 1. The van der Waals surface area contributed by atoms with Gasteiger partial charge in [-0.1, -0.05) is 12.1 Å². The molecule has 0 aliphatic heterocycles. The molecule has 1 aromatic carbocycles. The van der Waals surface area contributed by atoms with Crippen LogP contribution in [0, 0.1) is 0 Å². The van der Waals surface area contributed by atoms with E-state index in [1.807, 2.05) is 38.1 Å². The Morgan fingerprint density at radius 2 is 2.25 bits per heavy atom. The Labute approximate surface area is 97.0 Å². The van der Waals surface area contributed by atoms with E-state index >= 15 is 0 Å². The normalized spacial score (nSPS) is 12.2. The van der Waals surface area contributed by atoms with Crippen LogP contribution >= 0.6 is 0 Å². The van der Waals surface area contributed by atoms with Crippen LogP contribution < -0.4 is 11.1 Å². The lowest BCUT2D eigenvalue weighted by molar-refractivity contribution is 0.0955. The third-order valence-corrected chi connectivity index (χ3v) is 2.41. The van der Waals surface area contributed by atoms with Crippen molar-refractivity contribution in [3.05, 3.63) is 35.4 Å². The largest absolute Gasteiger partial charge is 0.352 e. The number of nitrogens with one attached hydrogen (secondary N) is 1. The molecule has 0 aromatic heterocycles. The summed E-state index contributed by atoms with van der Waals surface area (Å²) in [5, 5.41) is 2.79. The van der Waals surface area contributed by atoms with Crippen LogP contribution in [0.25, 0.3) is 0 Å². The lowest BCUT2D eigenvalue weighted by Gasteiger charge is -2.07. The summed E-state index contributed by atoms with van der Waals surface area (Å²) in [4.78, 5) is 11.6. The van der Waals surface area contributed by atoms with Crippen molar-refractivity contribution in [3.8, 4) is 0 Å². The molecule has 0 spiro atoms. The van der Waals surface area contributed by atoms with Gasteiger partial charge in [0.2, 0.25) is 0 Å². The van der Waals surface area contributed by atoms with Gasteiger partial charge in [-0.15, -0.1) is 0 Å². The van der Waals surface area contributed by atoms with Gasteiger partial charge in [0.25, 0.3) is 5.91 Å². The quantitative estimate of drug-likeness (QED) is 0.793. The van der Waals surface area contributed by atoms with Crippen molar-refractivity contribution in [2.24, 2.45) is 5.73 Å². The van der Waals surface area contributed by atoms with E-state index in [1.54, 1.807) is 0 Å². The molecule has 0 aliphatic rings. The van der Waals surface area contributed by atoms with Gasteiger partial charge in [-0.05, 0) is 44.4 Å². The molecule has 3 heteroatoms. The van der Waals surface area contributed by atoms with Gasteiger partial charge in [-0.2, -0.15) is 0 Å². The van der Waals surface area contributed by atoms with E-state index in [9.17, 15) is 4.79 Å². The van der Waals surface area contributed by atoms with Gasteiger partial charge in [0.15, 0.2) is 0 Å². The van der Waals surface area contributed by atoms with E-state index in [0.717, 1.165) is 18.4 Å². The number of benzene rings is 1. The van der Waals surface area contributed by atoms with Crippen molar-refractivity contribution in [2.75, 3.05) is 6.54 Å². The van der Waals surface area contributed by atoms with Gasteiger partial charge in [-0.25, -0.2) is 0 Å². The SMILES string of the molecule is CCNC(=O)c1cccc(CC[C@@H](C)N)c1. The average Bonchev–Trinajstić information content (AvgIpc) is 2.27. The van der Waals surface area contributed by atoms with Crippen molar-refractivity contribution in [1.29, 1.82) is 0 Å². The summed E-state index contributed by atoms with van der Waals surface area (Å²) < 4.78 is 0. The number of hydrogen-bond donors (Lipinski definition) is 2. The third-order valence-electron chi connectivity index (χ3n) is 2.41. The average molecular weight is 220 g/mol. The van der Waals surface area contributed by atoms with Gasteiger partial charge < -0.3 is 11.1 Å². The highest BCUT2D eigenvalue weighted by Crippen LogP contribution is 2.08. The minimum atomic E-state index is -0.00912. The van der Waals surface area contributed by atoms with Gasteiger partial charge in [0.05, 0.1) is 0 Å². The lowest BCUT2D eigenvalue weighted by atomic mass is 10.0. The summed E-state index contributed by atoms with van der Waals surface area (Å²) in [5.74, 6) is -0.00912. The van der Waals surface area contributed by atoms with E-state index in [-0.39, 0.29) is 11.9 Å². The molecule has 1 aromatic rings. The highest BCUT2D eigenvalue weighted by Gasteiger charge is 2.04. The smallest absolute Gasteiger partial charge is 0.251 e. The molecule has 1 rings (SSSR count). The number of aryl methyl sites for hydroxylation is 1. The minimum absolute atomic E-state index is 0.00912. The van der Waals surface area contributed by atoms with Crippen molar-refractivity contribution >= 4 is 5.91 Å². The minimum Gasteiger partial charge on any atom is -0.352 e. The topological polar surface area (TPSA) is 55.1 Å². The molecule has 88 valence electrons. The van der Waals surface area contributed by atoms with Crippen molar-refractivity contribution in [2.45, 2.75) is 32.7 Å². The molecule has 0 bridgehead atoms. The van der Waals surface area contributed by atoms with Crippen LogP contribution in [0.4, 0.5) is 0 Å². The third kappa shape index (κ3) is 4.03. The second kappa shape index (κ2) is 6.28. The molecule has 16 heavy (non-hydrogen) atoms. The number of hydrogen-bond acceptors (Lipinski definition) is 2. The number of nitrogens with two attached hydrogens (primary N) is 1. The van der Waals surface area contributed by atoms with E-state index in [0.29, 0.717) is 6.54 Å². The predicted molar refractivity (Wildman–Crippen MR) is 66.4 cm³/mol. The Morgan fingerprint density at radius 3 is 2.88 bits per heavy atom. The zero-order chi connectivity index (χ0) is 12.0. The predicted octanol–water partition coefficient (Wildman–Crippen LogP) is 1.72. The molecule has 1 amide bonds. The van der Waals surface area contributed by atoms with Gasteiger partial charge in [0.1, 0.15) is 0 Å². The van der Waals surface area contributed by atoms with Crippen LogP contribution in [-0.4, -0.2) is 18.5 Å². The molecule has 0 fully saturated rings. The molecule has 0 heterocycles. The maximum absolute atomic E-state index is 11.6. The zero-order valence-electron chi connectivity index (χ0n) is 9.99. The summed E-state index contributed by atoms with van der Waals surface area (Å²) in [7, 11) is 0. The van der Waals surface area contributed by atoms with Crippen LogP contribution in [0.5, 0.6) is 0 Å². The molecule has 0 aliphatic carbocycles. The molecule has 3 nitrogen and oxygen atoms in total. The van der Waals surface area contributed by atoms with Crippen molar-refractivity contribution < 1.29 is 4.79 Å². The fraction of sp³-hybridized carbons (Fsp3) is 0.462. The van der Waals surface area contributed by atoms with Gasteiger partial charge >= 0.3 is 0 Å². The molecule has 0 unspecified atom stereocenters. The molecule has 0 radical (unpaired) electrons. The van der Waals surface area contributed by atoms with Crippen molar-refractivity contribution in [3.63, 3.8) is 0 Å². The van der Waals surface area contributed by atoms with Gasteiger partial charge in [0, 0.05) is 18.2 Å². The monoisotopic (exact) mass is 220 g/mol. The van der Waals surface area contributed by atoms with Crippen molar-refractivity contribution in [1.82, 2.24) is 5.32 Å². The second-order valence-electron chi connectivity index (χ2n) is 4.08. The van der Waals surface area contributed by atoms with E-state index in [1.165, 1.54) is 5.56 Å². The highest BCUT2D eigenvalue weighted by atomic mass is 16.1. The first-order valence-corrected chi connectivity index (χ1v) is 5.76. The molecular weight excluding hydrogens is 200 g/mol. The summed E-state index contributed by atoms with van der Waals surface area (Å²) in [6.45, 7) is 4.56. The van der Waals surface area contributed by atoms with E-state index in [2.05, 4.69) is 5.32 Å². The van der Waals surface area contributed by atoms with E-state index in [4.69, 9.17) is 5.73 Å².